The van der Waals surface area contributed by atoms with Crippen molar-refractivity contribution in [1.82, 2.24) is 0 Å². The van der Waals surface area contributed by atoms with Crippen LogP contribution in [0.25, 0.3) is 0 Å². The van der Waals surface area contributed by atoms with Gasteiger partial charge in [-0.3, -0.25) is 4.79 Å². The van der Waals surface area contributed by atoms with Gasteiger partial charge >= 0.3 is 0 Å². The monoisotopic (exact) mass is 274 g/mol. The van der Waals surface area contributed by atoms with Gasteiger partial charge in [0.15, 0.2) is 6.10 Å². The molecule has 2 N–H and O–H groups in total. The number of carbonyl (C=O) groups excluding carboxylic acids is 1. The molecule has 0 aromatic heterocycles. The highest BCUT2D eigenvalue weighted by molar-refractivity contribution is 5.98. The Kier molecular flexibility index (Phi) is 3.55. The van der Waals surface area contributed by atoms with Crippen LogP contribution in [0, 0.1) is 5.92 Å². The maximum absolute atomic E-state index is 11.6. The van der Waals surface area contributed by atoms with E-state index in [2.05, 4.69) is 17.6 Å². The molecule has 0 saturated heterocycles. The van der Waals surface area contributed by atoms with Crippen molar-refractivity contribution >= 4 is 17.3 Å². The lowest BCUT2D eigenvalue weighted by Gasteiger charge is -2.25. The Morgan fingerprint density at radius 2 is 2.10 bits per heavy atom. The molecule has 2 atom stereocenters. The minimum atomic E-state index is -0.418. The van der Waals surface area contributed by atoms with Gasteiger partial charge in [-0.1, -0.05) is 12.8 Å². The highest BCUT2D eigenvalue weighted by atomic mass is 16.5. The summed E-state index contributed by atoms with van der Waals surface area (Å²) in [4.78, 5) is 11.6. The van der Waals surface area contributed by atoms with E-state index in [1.807, 2.05) is 18.2 Å². The number of hydrogen-bond donors (Lipinski definition) is 2. The Hall–Kier alpha value is -1.71. The summed E-state index contributed by atoms with van der Waals surface area (Å²) in [6.07, 6.45) is 4.91. The highest BCUT2D eigenvalue weighted by Gasteiger charge is 2.25. The summed E-state index contributed by atoms with van der Waals surface area (Å²) in [5.41, 5.74) is 1.80. The average Bonchev–Trinajstić information content (AvgIpc) is 2.94. The molecular weight excluding hydrogens is 252 g/mol. The average molecular weight is 274 g/mol. The van der Waals surface area contributed by atoms with E-state index in [1.54, 1.807) is 6.92 Å². The summed E-state index contributed by atoms with van der Waals surface area (Å²) in [6, 6.07) is 6.38. The summed E-state index contributed by atoms with van der Waals surface area (Å²) in [7, 11) is 0. The van der Waals surface area contributed by atoms with Crippen molar-refractivity contribution in [2.75, 3.05) is 10.6 Å². The molecule has 1 aliphatic carbocycles. The summed E-state index contributed by atoms with van der Waals surface area (Å²) < 4.78 is 5.56. The van der Waals surface area contributed by atoms with Gasteiger partial charge in [0.1, 0.15) is 5.75 Å². The first-order valence-corrected chi connectivity index (χ1v) is 7.51. The smallest absolute Gasteiger partial charge is 0.265 e. The predicted molar refractivity (Wildman–Crippen MR) is 80.2 cm³/mol. The van der Waals surface area contributed by atoms with Crippen LogP contribution in [-0.2, 0) is 4.79 Å². The van der Waals surface area contributed by atoms with Gasteiger partial charge in [0, 0.05) is 11.7 Å². The Labute approximate surface area is 119 Å². The molecular formula is C16H22N2O2. The molecule has 1 fully saturated rings. The lowest BCUT2D eigenvalue weighted by molar-refractivity contribution is -0.122. The molecule has 20 heavy (non-hydrogen) atoms. The number of rotatable bonds is 3. The van der Waals surface area contributed by atoms with E-state index in [0.29, 0.717) is 6.04 Å². The predicted octanol–water partition coefficient (Wildman–Crippen LogP) is 3.40. The van der Waals surface area contributed by atoms with Crippen molar-refractivity contribution in [3.05, 3.63) is 18.2 Å². The topological polar surface area (TPSA) is 50.4 Å². The normalized spacial score (nSPS) is 23.7. The Balaban J connectivity index is 1.72. The van der Waals surface area contributed by atoms with Gasteiger partial charge in [-0.2, -0.15) is 0 Å². The molecule has 1 aromatic rings. The van der Waals surface area contributed by atoms with Gasteiger partial charge in [0.05, 0.1) is 5.69 Å². The summed E-state index contributed by atoms with van der Waals surface area (Å²) >= 11 is 0. The first-order valence-electron chi connectivity index (χ1n) is 7.51. The largest absolute Gasteiger partial charge is 0.479 e. The van der Waals surface area contributed by atoms with Crippen LogP contribution >= 0.6 is 0 Å². The third kappa shape index (κ3) is 2.60. The van der Waals surface area contributed by atoms with Gasteiger partial charge in [0.2, 0.25) is 0 Å². The third-order valence-corrected chi connectivity index (χ3v) is 4.41. The number of hydrogen-bond acceptors (Lipinski definition) is 3. The molecule has 3 rings (SSSR count). The van der Waals surface area contributed by atoms with Crippen LogP contribution in [-0.4, -0.2) is 18.1 Å². The van der Waals surface area contributed by atoms with Crippen LogP contribution < -0.4 is 15.4 Å². The van der Waals surface area contributed by atoms with Gasteiger partial charge in [-0.05, 0) is 50.8 Å². The number of nitrogens with one attached hydrogen (secondary N) is 2. The van der Waals surface area contributed by atoms with E-state index in [4.69, 9.17) is 4.74 Å². The van der Waals surface area contributed by atoms with Gasteiger partial charge in [0.25, 0.3) is 5.91 Å². The first kappa shape index (κ1) is 13.3. The van der Waals surface area contributed by atoms with Crippen LogP contribution in [0.4, 0.5) is 11.4 Å². The summed E-state index contributed by atoms with van der Waals surface area (Å²) in [5.74, 6) is 1.42. The molecule has 0 spiro atoms. The Morgan fingerprint density at radius 1 is 1.35 bits per heavy atom. The number of anilines is 2. The molecule has 2 unspecified atom stereocenters. The van der Waals surface area contributed by atoms with Crippen LogP contribution in [0.3, 0.4) is 0 Å². The molecule has 0 radical (unpaired) electrons. The zero-order chi connectivity index (χ0) is 14.1. The number of amides is 1. The first-order chi connectivity index (χ1) is 9.63. The standard InChI is InChI=1S/C16H22N2O2/c1-10(12-5-3-4-6-12)17-13-7-8-15-14(9-13)18-16(19)11(2)20-15/h7-12,17H,3-6H2,1-2H3,(H,18,19). The quantitative estimate of drug-likeness (QED) is 0.888. The van der Waals surface area contributed by atoms with Crippen LogP contribution in [0.1, 0.15) is 39.5 Å². The van der Waals surface area contributed by atoms with Crippen molar-refractivity contribution in [2.24, 2.45) is 5.92 Å². The fourth-order valence-electron chi connectivity index (χ4n) is 3.14. The summed E-state index contributed by atoms with van der Waals surface area (Å²) in [5, 5.41) is 6.44. The zero-order valence-corrected chi connectivity index (χ0v) is 12.1. The molecule has 1 saturated carbocycles. The molecule has 1 heterocycles. The van der Waals surface area contributed by atoms with Gasteiger partial charge in [-0.15, -0.1) is 0 Å². The maximum Gasteiger partial charge on any atom is 0.265 e. The summed E-state index contributed by atoms with van der Waals surface area (Å²) in [6.45, 7) is 4.00. The number of carbonyl (C=O) groups is 1. The van der Waals surface area contributed by atoms with E-state index in [-0.39, 0.29) is 5.91 Å². The van der Waals surface area contributed by atoms with E-state index >= 15 is 0 Å². The maximum atomic E-state index is 11.6. The fourth-order valence-corrected chi connectivity index (χ4v) is 3.14. The molecule has 2 aliphatic rings. The molecule has 4 nitrogen and oxygen atoms in total. The van der Waals surface area contributed by atoms with E-state index < -0.39 is 6.10 Å². The van der Waals surface area contributed by atoms with Crippen molar-refractivity contribution in [3.8, 4) is 5.75 Å². The lowest BCUT2D eigenvalue weighted by Crippen LogP contribution is -2.34. The molecule has 1 amide bonds. The minimum absolute atomic E-state index is 0.0847. The number of benzene rings is 1. The molecule has 4 heteroatoms. The van der Waals surface area contributed by atoms with E-state index in [1.165, 1.54) is 25.7 Å². The van der Waals surface area contributed by atoms with Crippen molar-refractivity contribution in [2.45, 2.75) is 51.7 Å². The molecule has 1 aliphatic heterocycles. The van der Waals surface area contributed by atoms with Crippen LogP contribution in [0.15, 0.2) is 18.2 Å². The highest BCUT2D eigenvalue weighted by Crippen LogP contribution is 2.34. The number of fused-ring (bicyclic) bond motifs is 1. The van der Waals surface area contributed by atoms with Gasteiger partial charge < -0.3 is 15.4 Å². The molecule has 108 valence electrons. The van der Waals surface area contributed by atoms with Crippen molar-refractivity contribution in [3.63, 3.8) is 0 Å². The second-order valence-electron chi connectivity index (χ2n) is 5.94. The minimum Gasteiger partial charge on any atom is -0.479 e. The zero-order valence-electron chi connectivity index (χ0n) is 12.1. The van der Waals surface area contributed by atoms with E-state index in [9.17, 15) is 4.79 Å². The van der Waals surface area contributed by atoms with Crippen molar-refractivity contribution in [1.29, 1.82) is 0 Å². The van der Waals surface area contributed by atoms with Gasteiger partial charge in [-0.25, -0.2) is 0 Å². The second-order valence-corrected chi connectivity index (χ2v) is 5.94. The SMILES string of the molecule is CC1Oc2ccc(NC(C)C3CCCC3)cc2NC1=O. The lowest BCUT2D eigenvalue weighted by atomic mass is 9.99. The van der Waals surface area contributed by atoms with Crippen molar-refractivity contribution < 1.29 is 9.53 Å². The molecule has 1 aromatic carbocycles. The third-order valence-electron chi connectivity index (χ3n) is 4.41. The Bertz CT molecular complexity index is 509. The van der Waals surface area contributed by atoms with E-state index in [0.717, 1.165) is 23.0 Å². The van der Waals surface area contributed by atoms with Crippen LogP contribution in [0.2, 0.25) is 0 Å². The number of ether oxygens (including phenoxy) is 1. The second kappa shape index (κ2) is 5.35. The van der Waals surface area contributed by atoms with Crippen LogP contribution in [0.5, 0.6) is 5.75 Å². The fraction of sp³-hybridized carbons (Fsp3) is 0.562. The Morgan fingerprint density at radius 3 is 2.85 bits per heavy atom. The molecule has 0 bridgehead atoms.